The molecule has 2 fully saturated rings. The highest BCUT2D eigenvalue weighted by atomic mass is 16.5. The molecule has 0 radical (unpaired) electrons. The molecule has 66 heavy (non-hydrogen) atoms. The fourth-order valence-electron chi connectivity index (χ4n) is 9.62. The van der Waals surface area contributed by atoms with Crippen LogP contribution in [0.4, 0.5) is 9.59 Å². The summed E-state index contributed by atoms with van der Waals surface area (Å²) in [6.45, 7) is 5.54. The Balaban J connectivity index is 1.06. The van der Waals surface area contributed by atoms with Crippen molar-refractivity contribution in [1.29, 1.82) is 0 Å². The van der Waals surface area contributed by atoms with E-state index in [9.17, 15) is 19.2 Å². The number of rotatable bonds is 15. The Morgan fingerprint density at radius 2 is 1.36 bits per heavy atom. The third kappa shape index (κ3) is 8.99. The molecule has 8 atom stereocenters. The van der Waals surface area contributed by atoms with Crippen LogP contribution in [0.25, 0.3) is 44.2 Å². The molecule has 2 aromatic heterocycles. The highest BCUT2D eigenvalue weighted by Gasteiger charge is 2.44. The molecule has 3 aliphatic rings. The van der Waals surface area contributed by atoms with Gasteiger partial charge in [0.15, 0.2) is 0 Å². The molecule has 0 spiro atoms. The Labute approximate surface area is 382 Å². The van der Waals surface area contributed by atoms with Crippen LogP contribution in [0.1, 0.15) is 56.0 Å². The van der Waals surface area contributed by atoms with Crippen molar-refractivity contribution in [3.05, 3.63) is 65.9 Å². The zero-order valence-electron chi connectivity index (χ0n) is 38.5. The molecule has 0 bridgehead atoms. The SMILES string of the molecule is COC[C@H]1C[C@@H](c2ncc(-c3ccc4c(c3)COc3cc5c(ccc6nc([C@@H]7C[C@H](COC)CN7C(=O)[C@@H](NC(=O)OC)[C@@H](C)OC)[nH]c65)cc3-4)[nH]2)N(C(=O)[C@@H](NC(=O)OC)[C@@H](C)OC)C1. The molecule has 19 heteroatoms. The van der Waals surface area contributed by atoms with Gasteiger partial charge in [-0.05, 0) is 73.0 Å². The summed E-state index contributed by atoms with van der Waals surface area (Å²) < 4.78 is 38.0. The largest absolute Gasteiger partial charge is 0.488 e. The molecule has 352 valence electrons. The van der Waals surface area contributed by atoms with Crippen LogP contribution in [0.5, 0.6) is 5.75 Å². The predicted molar refractivity (Wildman–Crippen MR) is 241 cm³/mol. The van der Waals surface area contributed by atoms with Gasteiger partial charge in [-0.1, -0.05) is 18.2 Å². The van der Waals surface area contributed by atoms with E-state index in [0.29, 0.717) is 57.4 Å². The number of benzene rings is 3. The molecule has 2 saturated heterocycles. The summed E-state index contributed by atoms with van der Waals surface area (Å²) in [4.78, 5) is 73.1. The first kappa shape index (κ1) is 46.3. The van der Waals surface area contributed by atoms with Crippen LogP contribution in [-0.4, -0.2) is 147 Å². The molecule has 0 unspecified atom stereocenters. The molecule has 5 heterocycles. The van der Waals surface area contributed by atoms with Gasteiger partial charge < -0.3 is 63.6 Å². The summed E-state index contributed by atoms with van der Waals surface area (Å²) in [6.07, 6.45) is 0.318. The lowest BCUT2D eigenvalue weighted by molar-refractivity contribution is -0.138. The van der Waals surface area contributed by atoms with Crippen LogP contribution in [0.3, 0.4) is 0 Å². The number of amides is 4. The van der Waals surface area contributed by atoms with Crippen molar-refractivity contribution in [3.8, 4) is 28.1 Å². The normalized spacial score (nSPS) is 20.8. The number of aromatic amines is 2. The maximum atomic E-state index is 14.2. The third-order valence-corrected chi connectivity index (χ3v) is 13.2. The zero-order valence-corrected chi connectivity index (χ0v) is 38.5. The first-order chi connectivity index (χ1) is 31.9. The summed E-state index contributed by atoms with van der Waals surface area (Å²) in [5.41, 5.74) is 6.26. The van der Waals surface area contributed by atoms with Gasteiger partial charge in [-0.15, -0.1) is 0 Å². The van der Waals surface area contributed by atoms with Crippen molar-refractivity contribution in [1.82, 2.24) is 40.4 Å². The number of hydrogen-bond donors (Lipinski definition) is 4. The number of nitrogens with zero attached hydrogens (tertiary/aromatic N) is 4. The Morgan fingerprint density at radius 1 is 0.758 bits per heavy atom. The van der Waals surface area contributed by atoms with E-state index in [-0.39, 0.29) is 23.7 Å². The highest BCUT2D eigenvalue weighted by molar-refractivity contribution is 6.07. The molecular formula is C47H58N8O11. The average molecular weight is 911 g/mol. The number of fused-ring (bicyclic) bond motifs is 6. The minimum absolute atomic E-state index is 0.0468. The molecule has 3 aliphatic heterocycles. The van der Waals surface area contributed by atoms with Gasteiger partial charge in [0.2, 0.25) is 11.8 Å². The molecule has 4 amide bonds. The first-order valence-corrected chi connectivity index (χ1v) is 22.0. The Kier molecular flexibility index (Phi) is 13.8. The van der Waals surface area contributed by atoms with Crippen molar-refractivity contribution in [2.75, 3.05) is 69.0 Å². The molecule has 8 rings (SSSR count). The minimum Gasteiger partial charge on any atom is -0.488 e. The van der Waals surface area contributed by atoms with Crippen LogP contribution in [0.2, 0.25) is 0 Å². The number of alkyl carbamates (subject to hydrolysis) is 2. The van der Waals surface area contributed by atoms with Gasteiger partial charge in [-0.2, -0.15) is 0 Å². The number of methoxy groups -OCH3 is 6. The number of H-pyrrole nitrogens is 2. The number of imidazole rings is 2. The van der Waals surface area contributed by atoms with E-state index >= 15 is 0 Å². The maximum absolute atomic E-state index is 14.2. The van der Waals surface area contributed by atoms with E-state index in [1.165, 1.54) is 28.4 Å². The number of nitrogens with one attached hydrogen (secondary N) is 4. The van der Waals surface area contributed by atoms with Gasteiger partial charge in [-0.3, -0.25) is 9.59 Å². The van der Waals surface area contributed by atoms with Crippen LogP contribution < -0.4 is 15.4 Å². The summed E-state index contributed by atoms with van der Waals surface area (Å²) in [5, 5.41) is 7.21. The summed E-state index contributed by atoms with van der Waals surface area (Å²) in [5.74, 6) is 1.49. The van der Waals surface area contributed by atoms with E-state index in [0.717, 1.165) is 55.5 Å². The molecule has 5 aromatic rings. The molecule has 4 N–H and O–H groups in total. The Morgan fingerprint density at radius 3 is 1.94 bits per heavy atom. The van der Waals surface area contributed by atoms with E-state index in [4.69, 9.17) is 43.1 Å². The van der Waals surface area contributed by atoms with Gasteiger partial charge in [0.1, 0.15) is 36.1 Å². The fourth-order valence-corrected chi connectivity index (χ4v) is 9.62. The van der Waals surface area contributed by atoms with Gasteiger partial charge in [0.25, 0.3) is 0 Å². The Bertz CT molecular complexity index is 2600. The highest BCUT2D eigenvalue weighted by Crippen LogP contribution is 2.44. The number of aromatic nitrogens is 4. The number of carbonyl (C=O) groups excluding carboxylic acids is 4. The van der Waals surface area contributed by atoms with Crippen LogP contribution in [0, 0.1) is 11.8 Å². The van der Waals surface area contributed by atoms with Gasteiger partial charge in [-0.25, -0.2) is 19.6 Å². The lowest BCUT2D eigenvalue weighted by atomic mass is 9.92. The second-order valence-corrected chi connectivity index (χ2v) is 17.2. The lowest BCUT2D eigenvalue weighted by Crippen LogP contribution is -2.54. The maximum Gasteiger partial charge on any atom is 0.407 e. The first-order valence-electron chi connectivity index (χ1n) is 22.0. The molecule has 0 saturated carbocycles. The van der Waals surface area contributed by atoms with E-state index in [2.05, 4.69) is 38.8 Å². The molecule has 0 aliphatic carbocycles. The second-order valence-electron chi connectivity index (χ2n) is 17.2. The van der Waals surface area contributed by atoms with Crippen LogP contribution >= 0.6 is 0 Å². The number of ether oxygens (including phenoxy) is 7. The monoisotopic (exact) mass is 910 g/mol. The van der Waals surface area contributed by atoms with Crippen LogP contribution in [0.15, 0.2) is 48.7 Å². The van der Waals surface area contributed by atoms with Crippen molar-refractivity contribution in [2.24, 2.45) is 11.8 Å². The van der Waals surface area contributed by atoms with E-state index in [1.807, 2.05) is 24.3 Å². The number of hydrogen-bond acceptors (Lipinski definition) is 13. The van der Waals surface area contributed by atoms with Crippen molar-refractivity contribution in [3.63, 3.8) is 0 Å². The molecular weight excluding hydrogens is 853 g/mol. The number of likely N-dealkylation sites (tertiary alicyclic amines) is 2. The van der Waals surface area contributed by atoms with E-state index < -0.39 is 48.6 Å². The summed E-state index contributed by atoms with van der Waals surface area (Å²) in [6, 6.07) is 11.7. The number of carbonyl (C=O) groups is 4. The Hall–Kier alpha value is -6.28. The predicted octanol–water partition coefficient (Wildman–Crippen LogP) is 5.26. The topological polar surface area (TPSA) is 221 Å². The quantitative estimate of drug-likeness (QED) is 0.106. The van der Waals surface area contributed by atoms with Crippen molar-refractivity contribution >= 4 is 45.8 Å². The van der Waals surface area contributed by atoms with Crippen molar-refractivity contribution < 1.29 is 52.3 Å². The minimum atomic E-state index is -0.978. The molecule has 3 aromatic carbocycles. The molecule has 19 nitrogen and oxygen atoms in total. The zero-order chi connectivity index (χ0) is 46.8. The smallest absolute Gasteiger partial charge is 0.407 e. The van der Waals surface area contributed by atoms with Gasteiger partial charge in [0.05, 0.1) is 74.6 Å². The second kappa shape index (κ2) is 19.7. The average Bonchev–Trinajstić information content (AvgIpc) is 4.17. The fraction of sp³-hybridized carbons (Fsp3) is 0.489. The summed E-state index contributed by atoms with van der Waals surface area (Å²) in [7, 11) is 8.76. The van der Waals surface area contributed by atoms with E-state index in [1.54, 1.807) is 44.1 Å². The van der Waals surface area contributed by atoms with Crippen molar-refractivity contribution in [2.45, 2.75) is 69.7 Å². The summed E-state index contributed by atoms with van der Waals surface area (Å²) >= 11 is 0. The van der Waals surface area contributed by atoms with Gasteiger partial charge in [0, 0.05) is 64.3 Å². The lowest BCUT2D eigenvalue weighted by Gasteiger charge is -2.30. The standard InChI is InChI=1S/C47H58N8O11/c1-24(62-5)39(52-46(58)64-7)44(56)54-19-26(21-60-3)13-36(54)42-48-18-35(50-42)29-9-11-31-30(15-29)23-66-38-17-32-28(16-33(31)38)10-12-34-41(32)51-43(49-34)37-14-27(22-61-4)20-55(37)45(57)40(25(2)63-6)53-47(59)65-8/h9-12,15-18,24-27,36-37,39-40H,13-14,19-23H2,1-8H3,(H,48,50)(H,49,51)(H,52,58)(H,53,59)/t24-,25-,26+,27+,36+,37+,39+,40+/m1/s1. The third-order valence-electron chi connectivity index (χ3n) is 13.2. The van der Waals surface area contributed by atoms with Crippen LogP contribution in [-0.2, 0) is 44.6 Å². The van der Waals surface area contributed by atoms with Gasteiger partial charge >= 0.3 is 12.2 Å².